The van der Waals surface area contributed by atoms with Gasteiger partial charge >= 0.3 is 6.80 Å². The molecule has 88 valence electrons. The van der Waals surface area contributed by atoms with E-state index in [9.17, 15) is 9.46 Å². The maximum Gasteiger partial charge on any atom is 0.442 e. The van der Waals surface area contributed by atoms with Crippen molar-refractivity contribution in [3.63, 3.8) is 0 Å². The molecule has 0 aliphatic carbocycles. The Morgan fingerprint density at radius 2 is 1.47 bits per heavy atom. The molecule has 1 unspecified atom stereocenters. The van der Waals surface area contributed by atoms with Crippen molar-refractivity contribution in [3.05, 3.63) is 60.7 Å². The predicted molar refractivity (Wildman–Crippen MR) is 69.2 cm³/mol. The van der Waals surface area contributed by atoms with Gasteiger partial charge in [-0.05, 0) is 24.3 Å². The molecule has 0 aliphatic heterocycles. The van der Waals surface area contributed by atoms with Gasteiger partial charge in [0.2, 0.25) is 0 Å². The van der Waals surface area contributed by atoms with Gasteiger partial charge in [0.05, 0.1) is 0 Å². The van der Waals surface area contributed by atoms with Gasteiger partial charge in [-0.2, -0.15) is 0 Å². The summed E-state index contributed by atoms with van der Waals surface area (Å²) in [5.74, 6) is 0.391. The monoisotopic (exact) mass is 266 g/mol. The summed E-state index contributed by atoms with van der Waals surface area (Å²) in [7, 11) is 0. The van der Waals surface area contributed by atoms with E-state index in [1.807, 2.05) is 24.3 Å². The predicted octanol–water partition coefficient (Wildman–Crippen LogP) is 3.96. The first-order chi connectivity index (χ1) is 8.16. The molecule has 0 fully saturated rings. The van der Waals surface area contributed by atoms with E-state index in [-0.39, 0.29) is 0 Å². The standard InChI is InChI=1S/C12H11O3PS/c13-16(14,15-11-7-3-1-4-8-11)17-12-9-5-2-6-10-12/h1-10H,(H,13,14). The molecule has 3 nitrogen and oxygen atoms in total. The number of benzene rings is 2. The van der Waals surface area contributed by atoms with Crippen molar-refractivity contribution >= 4 is 18.2 Å². The Labute approximate surface area is 104 Å². The summed E-state index contributed by atoms with van der Waals surface area (Å²) in [5.41, 5.74) is 0. The minimum absolute atomic E-state index is 0.391. The van der Waals surface area contributed by atoms with E-state index in [1.165, 1.54) is 0 Å². The largest absolute Gasteiger partial charge is 0.442 e. The molecular formula is C12H11O3PS. The smallest absolute Gasteiger partial charge is 0.417 e. The number of rotatable bonds is 4. The third-order valence-electron chi connectivity index (χ3n) is 1.93. The van der Waals surface area contributed by atoms with Crippen molar-refractivity contribution in [2.75, 3.05) is 0 Å². The molecule has 0 heterocycles. The van der Waals surface area contributed by atoms with Crippen molar-refractivity contribution in [2.45, 2.75) is 4.90 Å². The van der Waals surface area contributed by atoms with Gasteiger partial charge < -0.3 is 9.42 Å². The van der Waals surface area contributed by atoms with E-state index < -0.39 is 6.80 Å². The maximum absolute atomic E-state index is 11.8. The average molecular weight is 266 g/mol. The highest BCUT2D eigenvalue weighted by atomic mass is 32.7. The second-order valence-corrected chi connectivity index (χ2v) is 6.98. The molecule has 2 aromatic rings. The first kappa shape index (κ1) is 12.2. The Hall–Kier alpha value is -1.22. The Morgan fingerprint density at radius 3 is 2.06 bits per heavy atom. The summed E-state index contributed by atoms with van der Waals surface area (Å²) in [5, 5.41) is 0. The van der Waals surface area contributed by atoms with E-state index >= 15 is 0 Å². The summed E-state index contributed by atoms with van der Waals surface area (Å²) in [6.07, 6.45) is 0. The molecule has 2 rings (SSSR count). The quantitative estimate of drug-likeness (QED) is 0.851. The van der Waals surface area contributed by atoms with Crippen LogP contribution in [0.25, 0.3) is 0 Å². The number of para-hydroxylation sites is 1. The topological polar surface area (TPSA) is 46.5 Å². The van der Waals surface area contributed by atoms with Gasteiger partial charge in [-0.15, -0.1) is 0 Å². The Kier molecular flexibility index (Phi) is 3.89. The Balaban J connectivity index is 2.07. The molecule has 17 heavy (non-hydrogen) atoms. The normalized spacial score (nSPS) is 13.9. The van der Waals surface area contributed by atoms with Crippen LogP contribution in [0.1, 0.15) is 0 Å². The molecule has 0 aliphatic rings. The van der Waals surface area contributed by atoms with E-state index in [1.54, 1.807) is 36.4 Å². The molecular weight excluding hydrogens is 255 g/mol. The van der Waals surface area contributed by atoms with Crippen LogP contribution in [-0.4, -0.2) is 4.89 Å². The summed E-state index contributed by atoms with van der Waals surface area (Å²) in [6, 6.07) is 17.6. The van der Waals surface area contributed by atoms with Crippen LogP contribution in [0.15, 0.2) is 65.6 Å². The fourth-order valence-corrected chi connectivity index (χ4v) is 3.75. The van der Waals surface area contributed by atoms with Crippen LogP contribution in [0.3, 0.4) is 0 Å². The van der Waals surface area contributed by atoms with E-state index in [0.717, 1.165) is 11.4 Å². The van der Waals surface area contributed by atoms with Gasteiger partial charge in [-0.3, -0.25) is 0 Å². The molecule has 0 bridgehead atoms. The van der Waals surface area contributed by atoms with Gasteiger partial charge in [-0.1, -0.05) is 36.4 Å². The van der Waals surface area contributed by atoms with Crippen LogP contribution in [0, 0.1) is 0 Å². The lowest BCUT2D eigenvalue weighted by Crippen LogP contribution is -1.87. The summed E-state index contributed by atoms with van der Waals surface area (Å²) in [4.78, 5) is 10.4. The summed E-state index contributed by atoms with van der Waals surface area (Å²) < 4.78 is 16.9. The zero-order chi connectivity index (χ0) is 12.1. The van der Waals surface area contributed by atoms with Crippen LogP contribution >= 0.6 is 18.2 Å². The molecule has 0 saturated heterocycles. The van der Waals surface area contributed by atoms with Crippen molar-refractivity contribution in [1.82, 2.24) is 0 Å². The van der Waals surface area contributed by atoms with E-state index in [0.29, 0.717) is 10.6 Å². The molecule has 1 N–H and O–H groups in total. The van der Waals surface area contributed by atoms with Crippen molar-refractivity contribution in [1.29, 1.82) is 0 Å². The minimum Gasteiger partial charge on any atom is -0.417 e. The van der Waals surface area contributed by atoms with E-state index in [4.69, 9.17) is 4.52 Å². The highest BCUT2D eigenvalue weighted by Crippen LogP contribution is 2.58. The zero-order valence-electron chi connectivity index (χ0n) is 8.89. The fourth-order valence-electron chi connectivity index (χ4n) is 1.25. The first-order valence-electron chi connectivity index (χ1n) is 4.98. The molecule has 0 saturated carbocycles. The number of hydrogen-bond donors (Lipinski definition) is 1. The van der Waals surface area contributed by atoms with Crippen LogP contribution in [0.2, 0.25) is 0 Å². The second kappa shape index (κ2) is 5.41. The third-order valence-corrected chi connectivity index (χ3v) is 4.63. The molecule has 0 radical (unpaired) electrons. The SMILES string of the molecule is O=P(O)(Oc1ccccc1)Sc1ccccc1. The second-order valence-electron chi connectivity index (χ2n) is 3.28. The van der Waals surface area contributed by atoms with Crippen LogP contribution < -0.4 is 4.52 Å². The van der Waals surface area contributed by atoms with Gasteiger partial charge in [-0.25, -0.2) is 4.57 Å². The Bertz CT molecular complexity index is 470. The summed E-state index contributed by atoms with van der Waals surface area (Å²) >= 11 is 0.830. The molecule has 0 amide bonds. The lowest BCUT2D eigenvalue weighted by atomic mass is 10.3. The molecule has 0 aromatic heterocycles. The van der Waals surface area contributed by atoms with Crippen LogP contribution in [-0.2, 0) is 4.57 Å². The number of hydrogen-bond acceptors (Lipinski definition) is 3. The average Bonchev–Trinajstić information content (AvgIpc) is 2.30. The minimum atomic E-state index is -3.72. The van der Waals surface area contributed by atoms with Crippen LogP contribution in [0.5, 0.6) is 5.75 Å². The highest BCUT2D eigenvalue weighted by molar-refractivity contribution is 8.54. The van der Waals surface area contributed by atoms with Crippen molar-refractivity contribution in [3.8, 4) is 5.75 Å². The lowest BCUT2D eigenvalue weighted by Gasteiger charge is -2.11. The zero-order valence-corrected chi connectivity index (χ0v) is 10.6. The summed E-state index contributed by atoms with van der Waals surface area (Å²) in [6.45, 7) is -3.72. The van der Waals surface area contributed by atoms with Gasteiger partial charge in [0.25, 0.3) is 0 Å². The molecule has 5 heteroatoms. The molecule has 2 aromatic carbocycles. The van der Waals surface area contributed by atoms with E-state index in [2.05, 4.69) is 0 Å². The maximum atomic E-state index is 11.8. The van der Waals surface area contributed by atoms with Crippen molar-refractivity contribution < 1.29 is 14.0 Å². The Morgan fingerprint density at radius 1 is 0.941 bits per heavy atom. The molecule has 1 atom stereocenters. The lowest BCUT2D eigenvalue weighted by molar-refractivity contribution is 0.402. The molecule has 0 spiro atoms. The highest BCUT2D eigenvalue weighted by Gasteiger charge is 2.22. The van der Waals surface area contributed by atoms with Gasteiger partial charge in [0.15, 0.2) is 0 Å². The van der Waals surface area contributed by atoms with Gasteiger partial charge in [0.1, 0.15) is 5.75 Å². The first-order valence-corrected chi connectivity index (χ1v) is 7.98. The van der Waals surface area contributed by atoms with Crippen LogP contribution in [0.4, 0.5) is 0 Å². The third kappa shape index (κ3) is 3.93. The fraction of sp³-hybridized carbons (Fsp3) is 0. The van der Waals surface area contributed by atoms with Gasteiger partial charge in [0, 0.05) is 16.3 Å². The van der Waals surface area contributed by atoms with Crippen molar-refractivity contribution in [2.24, 2.45) is 0 Å².